The third kappa shape index (κ3) is 3.27. The van der Waals surface area contributed by atoms with Crippen LogP contribution in [0.25, 0.3) is 22.6 Å². The molecule has 1 aliphatic heterocycles. The summed E-state index contributed by atoms with van der Waals surface area (Å²) in [5, 5.41) is 0. The maximum absolute atomic E-state index is 5.51. The molecular formula is C20H21N3O4. The minimum Gasteiger partial charge on any atom is -0.454 e. The summed E-state index contributed by atoms with van der Waals surface area (Å²) in [6, 6.07) is 11.7. The second kappa shape index (κ2) is 7.38. The zero-order valence-electron chi connectivity index (χ0n) is 15.5. The second-order valence-electron chi connectivity index (χ2n) is 6.08. The molecule has 0 unspecified atom stereocenters. The van der Waals surface area contributed by atoms with Gasteiger partial charge in [-0.3, -0.25) is 4.98 Å². The minimum atomic E-state index is -0.596. The fraction of sp³-hybridized carbons (Fsp3) is 0.300. The van der Waals surface area contributed by atoms with E-state index in [0.29, 0.717) is 11.6 Å². The molecule has 1 aromatic carbocycles. The van der Waals surface area contributed by atoms with Crippen LogP contribution in [-0.4, -0.2) is 36.0 Å². The lowest BCUT2D eigenvalue weighted by Crippen LogP contribution is -2.05. The van der Waals surface area contributed by atoms with E-state index in [1.165, 1.54) is 0 Å². The van der Waals surface area contributed by atoms with Gasteiger partial charge in [-0.1, -0.05) is 13.0 Å². The van der Waals surface area contributed by atoms with Gasteiger partial charge in [0.25, 0.3) is 0 Å². The van der Waals surface area contributed by atoms with Crippen molar-refractivity contribution in [2.24, 2.45) is 0 Å². The average molecular weight is 367 g/mol. The lowest BCUT2D eigenvalue weighted by atomic mass is 10.1. The largest absolute Gasteiger partial charge is 0.454 e. The van der Waals surface area contributed by atoms with Crippen LogP contribution in [0.3, 0.4) is 0 Å². The van der Waals surface area contributed by atoms with E-state index < -0.39 is 6.29 Å². The number of pyridine rings is 1. The highest BCUT2D eigenvalue weighted by molar-refractivity contribution is 5.78. The Morgan fingerprint density at radius 1 is 1.07 bits per heavy atom. The summed E-state index contributed by atoms with van der Waals surface area (Å²) in [6.45, 7) is 2.31. The first kappa shape index (κ1) is 17.5. The van der Waals surface area contributed by atoms with Crippen LogP contribution in [0.5, 0.6) is 11.5 Å². The molecule has 0 saturated carbocycles. The number of rotatable bonds is 6. The minimum absolute atomic E-state index is 0.229. The molecular weight excluding hydrogens is 346 g/mol. The first-order chi connectivity index (χ1) is 13.2. The van der Waals surface area contributed by atoms with E-state index in [1.54, 1.807) is 14.2 Å². The van der Waals surface area contributed by atoms with E-state index in [0.717, 1.165) is 40.5 Å². The highest BCUT2D eigenvalue weighted by Crippen LogP contribution is 2.38. The summed E-state index contributed by atoms with van der Waals surface area (Å²) in [6.07, 6.45) is 0.258. The number of hydrogen-bond acceptors (Lipinski definition) is 6. The summed E-state index contributed by atoms with van der Waals surface area (Å²) in [5.74, 6) is 2.01. The average Bonchev–Trinajstić information content (AvgIpc) is 3.35. The Morgan fingerprint density at radius 2 is 1.89 bits per heavy atom. The van der Waals surface area contributed by atoms with Gasteiger partial charge in [-0.25, -0.2) is 4.98 Å². The number of nitrogens with one attached hydrogen (secondary N) is 1. The number of imidazole rings is 1. The number of nitrogens with zero attached hydrogens (tertiary/aromatic N) is 2. The van der Waals surface area contributed by atoms with Crippen LogP contribution in [0.15, 0.2) is 36.4 Å². The van der Waals surface area contributed by atoms with Gasteiger partial charge in [-0.15, -0.1) is 0 Å². The zero-order valence-corrected chi connectivity index (χ0v) is 15.5. The van der Waals surface area contributed by atoms with Gasteiger partial charge in [-0.05, 0) is 36.8 Å². The van der Waals surface area contributed by atoms with E-state index in [4.69, 9.17) is 28.9 Å². The van der Waals surface area contributed by atoms with Crippen LogP contribution in [-0.2, 0) is 15.9 Å². The number of aryl methyl sites for hydroxylation is 1. The third-order valence-corrected chi connectivity index (χ3v) is 4.44. The van der Waals surface area contributed by atoms with Crippen molar-refractivity contribution < 1.29 is 18.9 Å². The summed E-state index contributed by atoms with van der Waals surface area (Å²) in [4.78, 5) is 12.8. The van der Waals surface area contributed by atoms with E-state index in [1.807, 2.05) is 36.4 Å². The molecule has 0 bridgehead atoms. The Bertz CT molecular complexity index is 950. The van der Waals surface area contributed by atoms with E-state index in [-0.39, 0.29) is 6.79 Å². The summed E-state index contributed by atoms with van der Waals surface area (Å²) >= 11 is 0. The molecule has 0 aliphatic carbocycles. The number of aromatic nitrogens is 3. The number of methoxy groups -OCH3 is 2. The predicted octanol–water partition coefficient (Wildman–Crippen LogP) is 3.72. The van der Waals surface area contributed by atoms with Gasteiger partial charge < -0.3 is 23.9 Å². The van der Waals surface area contributed by atoms with Crippen LogP contribution in [0.2, 0.25) is 0 Å². The van der Waals surface area contributed by atoms with Crippen LogP contribution in [0, 0.1) is 0 Å². The Balaban J connectivity index is 1.85. The van der Waals surface area contributed by atoms with Gasteiger partial charge in [0.1, 0.15) is 0 Å². The van der Waals surface area contributed by atoms with Crippen molar-refractivity contribution in [3.8, 4) is 34.1 Å². The Labute approximate surface area is 157 Å². The predicted molar refractivity (Wildman–Crippen MR) is 99.5 cm³/mol. The van der Waals surface area contributed by atoms with Crippen LogP contribution in [0.1, 0.15) is 24.7 Å². The van der Waals surface area contributed by atoms with Crippen molar-refractivity contribution >= 4 is 0 Å². The molecule has 0 amide bonds. The fourth-order valence-electron chi connectivity index (χ4n) is 3.08. The van der Waals surface area contributed by atoms with Gasteiger partial charge in [0.2, 0.25) is 13.1 Å². The molecule has 0 atom stereocenters. The molecule has 7 heteroatoms. The summed E-state index contributed by atoms with van der Waals surface area (Å²) in [7, 11) is 3.15. The molecule has 0 spiro atoms. The lowest BCUT2D eigenvalue weighted by Gasteiger charge is -2.09. The second-order valence-corrected chi connectivity index (χ2v) is 6.08. The van der Waals surface area contributed by atoms with Crippen molar-refractivity contribution in [1.82, 2.24) is 15.0 Å². The molecule has 3 heterocycles. The number of ether oxygens (including phenoxy) is 4. The topological polar surface area (TPSA) is 78.5 Å². The number of hydrogen-bond donors (Lipinski definition) is 1. The zero-order chi connectivity index (χ0) is 18.8. The number of H-pyrrole nitrogens is 1. The first-order valence-electron chi connectivity index (χ1n) is 8.75. The van der Waals surface area contributed by atoms with Gasteiger partial charge in [0, 0.05) is 25.5 Å². The van der Waals surface area contributed by atoms with Gasteiger partial charge >= 0.3 is 0 Å². The van der Waals surface area contributed by atoms with Gasteiger partial charge in [-0.2, -0.15) is 0 Å². The monoisotopic (exact) mass is 367 g/mol. The molecule has 2 aromatic heterocycles. The van der Waals surface area contributed by atoms with E-state index >= 15 is 0 Å². The third-order valence-electron chi connectivity index (χ3n) is 4.44. The standard InChI is InChI=1S/C20H21N3O4/c1-4-13-6-5-7-14(21-13)18-17(22-19(23-18)20(24-2)25-3)12-8-9-15-16(10-12)27-11-26-15/h5-10,20H,4,11H2,1-3H3,(H,22,23). The van der Waals surface area contributed by atoms with Crippen molar-refractivity contribution in [1.29, 1.82) is 0 Å². The maximum atomic E-state index is 5.51. The molecule has 4 rings (SSSR count). The molecule has 0 saturated heterocycles. The Kier molecular flexibility index (Phi) is 4.79. The fourth-order valence-corrected chi connectivity index (χ4v) is 3.08. The molecule has 27 heavy (non-hydrogen) atoms. The smallest absolute Gasteiger partial charge is 0.231 e. The number of benzene rings is 1. The number of fused-ring (bicyclic) bond motifs is 1. The molecule has 0 radical (unpaired) electrons. The van der Waals surface area contributed by atoms with Crippen LogP contribution >= 0.6 is 0 Å². The first-order valence-corrected chi connectivity index (χ1v) is 8.75. The highest BCUT2D eigenvalue weighted by Gasteiger charge is 2.22. The molecule has 140 valence electrons. The quantitative estimate of drug-likeness (QED) is 0.669. The van der Waals surface area contributed by atoms with Crippen LogP contribution < -0.4 is 9.47 Å². The van der Waals surface area contributed by atoms with Crippen molar-refractivity contribution in [2.45, 2.75) is 19.6 Å². The lowest BCUT2D eigenvalue weighted by molar-refractivity contribution is -0.111. The van der Waals surface area contributed by atoms with Gasteiger partial charge in [0.15, 0.2) is 17.3 Å². The Hall–Kier alpha value is -2.90. The number of aromatic amines is 1. The SMILES string of the molecule is CCc1cccc(-c2[nH]c(C(OC)OC)nc2-c2ccc3c(c2)OCO3)n1. The molecule has 0 fully saturated rings. The van der Waals surface area contributed by atoms with E-state index in [9.17, 15) is 0 Å². The molecule has 7 nitrogen and oxygen atoms in total. The highest BCUT2D eigenvalue weighted by atomic mass is 16.7. The summed E-state index contributed by atoms with van der Waals surface area (Å²) < 4.78 is 21.7. The Morgan fingerprint density at radius 3 is 2.67 bits per heavy atom. The van der Waals surface area contributed by atoms with E-state index in [2.05, 4.69) is 11.9 Å². The van der Waals surface area contributed by atoms with Gasteiger partial charge in [0.05, 0.1) is 17.1 Å². The van der Waals surface area contributed by atoms with Crippen molar-refractivity contribution in [3.63, 3.8) is 0 Å². The summed E-state index contributed by atoms with van der Waals surface area (Å²) in [5.41, 5.74) is 4.27. The van der Waals surface area contributed by atoms with Crippen LogP contribution in [0.4, 0.5) is 0 Å². The normalized spacial score (nSPS) is 12.7. The molecule has 1 N–H and O–H groups in total. The molecule has 3 aromatic rings. The maximum Gasteiger partial charge on any atom is 0.231 e. The van der Waals surface area contributed by atoms with Crippen molar-refractivity contribution in [3.05, 3.63) is 47.9 Å². The molecule has 1 aliphatic rings. The van der Waals surface area contributed by atoms with Crippen molar-refractivity contribution in [2.75, 3.05) is 21.0 Å².